The lowest BCUT2D eigenvalue weighted by Gasteiger charge is -2.38. The van der Waals surface area contributed by atoms with Crippen LogP contribution in [0.25, 0.3) is 32.2 Å². The summed E-state index contributed by atoms with van der Waals surface area (Å²) in [5.41, 5.74) is 9.53. The average Bonchev–Trinajstić information content (AvgIpc) is 3.18. The normalized spacial score (nSPS) is 14.0. The summed E-state index contributed by atoms with van der Waals surface area (Å²) in [6.45, 7) is 7.15. The van der Waals surface area contributed by atoms with Crippen molar-refractivity contribution in [3.05, 3.63) is 41.2 Å². The van der Waals surface area contributed by atoms with Gasteiger partial charge in [-0.15, -0.1) is 5.54 Å². The molecule has 4 aromatic rings. The molecule has 1 aliphatic rings. The van der Waals surface area contributed by atoms with Crippen LogP contribution in [0.15, 0.2) is 24.5 Å². The number of carbonyl (C=O) groups excluding carboxylic acids is 1. The minimum atomic E-state index is -1.64. The van der Waals surface area contributed by atoms with Gasteiger partial charge in [0.25, 0.3) is 5.91 Å². The van der Waals surface area contributed by atoms with E-state index in [1.165, 1.54) is 18.5 Å². The highest BCUT2D eigenvalue weighted by molar-refractivity contribution is 7.22. The number of anilines is 2. The largest absolute Gasteiger partial charge is 0.375 e. The second-order valence-electron chi connectivity index (χ2n) is 9.54. The highest BCUT2D eigenvalue weighted by Gasteiger charge is 2.31. The Bertz CT molecular complexity index is 1600. The summed E-state index contributed by atoms with van der Waals surface area (Å²) in [7, 11) is -1.64. The number of hydrogen-bond donors (Lipinski definition) is 2. The zero-order valence-electron chi connectivity index (χ0n) is 19.6. The van der Waals surface area contributed by atoms with Crippen LogP contribution in [-0.2, 0) is 4.79 Å². The number of halogens is 3. The fraction of sp³-hybridized carbons (Fsp3) is 0.250. The number of rotatable bonds is 3. The molecule has 12 heteroatoms. The number of hydrogen-bond acceptors (Lipinski definition) is 7. The van der Waals surface area contributed by atoms with Crippen molar-refractivity contribution < 1.29 is 13.6 Å². The highest BCUT2D eigenvalue weighted by Crippen LogP contribution is 2.41. The third kappa shape index (κ3) is 4.47. The first kappa shape index (κ1) is 24.4. The van der Waals surface area contributed by atoms with Gasteiger partial charge in [-0.1, -0.05) is 42.6 Å². The van der Waals surface area contributed by atoms with Crippen molar-refractivity contribution in [1.29, 1.82) is 0 Å². The van der Waals surface area contributed by atoms with Crippen LogP contribution >= 0.6 is 22.9 Å². The third-order valence-electron chi connectivity index (χ3n) is 5.66. The number of likely N-dealkylation sites (tertiary alicyclic amines) is 1. The maximum atomic E-state index is 15.8. The Morgan fingerprint density at radius 1 is 1.25 bits per heavy atom. The van der Waals surface area contributed by atoms with E-state index < -0.39 is 19.7 Å². The number of nitrogen functional groups attached to an aromatic ring is 1. The molecule has 0 spiro atoms. The van der Waals surface area contributed by atoms with E-state index in [9.17, 15) is 9.18 Å². The van der Waals surface area contributed by atoms with Gasteiger partial charge in [0.05, 0.1) is 21.3 Å². The maximum absolute atomic E-state index is 15.8. The molecular weight excluding hydrogens is 522 g/mol. The van der Waals surface area contributed by atoms with E-state index in [4.69, 9.17) is 17.3 Å². The topological polar surface area (TPSA) is 97.0 Å². The van der Waals surface area contributed by atoms with Crippen molar-refractivity contribution >= 4 is 69.0 Å². The summed E-state index contributed by atoms with van der Waals surface area (Å²) in [5.74, 6) is 1.78. The molecular formula is C24H21ClF2N6OSSi. The Labute approximate surface area is 215 Å². The maximum Gasteiger partial charge on any atom is 0.298 e. The molecule has 36 heavy (non-hydrogen) atoms. The van der Waals surface area contributed by atoms with Gasteiger partial charge in [0.15, 0.2) is 10.9 Å². The zero-order valence-corrected chi connectivity index (χ0v) is 22.2. The van der Waals surface area contributed by atoms with Crippen LogP contribution in [0.1, 0.15) is 0 Å². The van der Waals surface area contributed by atoms with Crippen molar-refractivity contribution in [2.24, 2.45) is 0 Å². The van der Waals surface area contributed by atoms with Gasteiger partial charge < -0.3 is 16.0 Å². The van der Waals surface area contributed by atoms with E-state index in [2.05, 4.69) is 51.4 Å². The molecule has 7 nitrogen and oxygen atoms in total. The Morgan fingerprint density at radius 3 is 2.72 bits per heavy atom. The Kier molecular flexibility index (Phi) is 6.06. The molecule has 1 amide bonds. The number of carbonyl (C=O) groups is 1. The predicted molar refractivity (Wildman–Crippen MR) is 143 cm³/mol. The van der Waals surface area contributed by atoms with Gasteiger partial charge in [0, 0.05) is 29.6 Å². The molecule has 0 bridgehead atoms. The summed E-state index contributed by atoms with van der Waals surface area (Å²) in [4.78, 5) is 26.5. The molecule has 1 fully saturated rings. The molecule has 3 N–H and O–H groups in total. The van der Waals surface area contributed by atoms with E-state index in [1.54, 1.807) is 11.0 Å². The second kappa shape index (κ2) is 8.96. The van der Waals surface area contributed by atoms with E-state index in [1.807, 2.05) is 0 Å². The van der Waals surface area contributed by atoms with E-state index >= 15 is 4.39 Å². The van der Waals surface area contributed by atoms with Crippen LogP contribution in [0.2, 0.25) is 24.7 Å². The van der Waals surface area contributed by atoms with Crippen molar-refractivity contribution in [2.75, 3.05) is 24.1 Å². The lowest BCUT2D eigenvalue weighted by molar-refractivity contribution is -0.128. The predicted octanol–water partition coefficient (Wildman–Crippen LogP) is 4.92. The number of fused-ring (bicyclic) bond motifs is 2. The number of amides is 1. The SMILES string of the molecule is C[Si](C)(C)C#CC(=O)N1CC(Nc2ncnc3c(F)c(-c4ccc(F)c5sc(N)nc45)c(Cl)cc23)C1. The van der Waals surface area contributed by atoms with Crippen molar-refractivity contribution in [1.82, 2.24) is 19.9 Å². The lowest BCUT2D eigenvalue weighted by atomic mass is 10.0. The van der Waals surface area contributed by atoms with Gasteiger partial charge >= 0.3 is 0 Å². The molecule has 0 aliphatic carbocycles. The summed E-state index contributed by atoms with van der Waals surface area (Å²) >= 11 is 7.53. The number of nitrogens with two attached hydrogens (primary N) is 1. The summed E-state index contributed by atoms with van der Waals surface area (Å²) in [6.07, 6.45) is 1.26. The molecule has 3 heterocycles. The van der Waals surface area contributed by atoms with Crippen LogP contribution < -0.4 is 11.1 Å². The quantitative estimate of drug-likeness (QED) is 0.282. The van der Waals surface area contributed by atoms with Crippen LogP contribution in [-0.4, -0.2) is 53.0 Å². The van der Waals surface area contributed by atoms with Crippen molar-refractivity contribution in [3.63, 3.8) is 0 Å². The molecule has 2 aromatic heterocycles. The Balaban J connectivity index is 1.45. The third-order valence-corrected chi connectivity index (χ3v) is 7.72. The average molecular weight is 543 g/mol. The van der Waals surface area contributed by atoms with E-state index in [-0.39, 0.29) is 43.4 Å². The number of nitrogens with zero attached hydrogens (tertiary/aromatic N) is 4. The summed E-state index contributed by atoms with van der Waals surface area (Å²) in [5, 5.41) is 3.91. The lowest BCUT2D eigenvalue weighted by Crippen LogP contribution is -2.56. The number of thiazole rings is 1. The number of benzene rings is 2. The minimum absolute atomic E-state index is 0.0563. The van der Waals surface area contributed by atoms with Crippen LogP contribution in [0.4, 0.5) is 19.7 Å². The first-order chi connectivity index (χ1) is 17.0. The molecule has 1 aliphatic heterocycles. The second-order valence-corrected chi connectivity index (χ2v) is 15.7. The molecule has 1 saturated heterocycles. The molecule has 0 radical (unpaired) electrons. The van der Waals surface area contributed by atoms with Crippen LogP contribution in [0, 0.1) is 23.1 Å². The van der Waals surface area contributed by atoms with Gasteiger partial charge in [0.2, 0.25) is 0 Å². The van der Waals surface area contributed by atoms with Crippen molar-refractivity contribution in [3.8, 4) is 22.6 Å². The van der Waals surface area contributed by atoms with Gasteiger partial charge in [-0.05, 0) is 24.1 Å². The van der Waals surface area contributed by atoms with Gasteiger partial charge in [0.1, 0.15) is 31.6 Å². The molecule has 2 aromatic carbocycles. The monoisotopic (exact) mass is 542 g/mol. The first-order valence-electron chi connectivity index (χ1n) is 11.1. The fourth-order valence-corrected chi connectivity index (χ4v) is 5.47. The van der Waals surface area contributed by atoms with E-state index in [0.717, 1.165) is 11.3 Å². The van der Waals surface area contributed by atoms with Gasteiger partial charge in [-0.25, -0.2) is 23.7 Å². The van der Waals surface area contributed by atoms with Crippen LogP contribution in [0.3, 0.4) is 0 Å². The van der Waals surface area contributed by atoms with Crippen molar-refractivity contribution in [2.45, 2.75) is 25.7 Å². The van der Waals surface area contributed by atoms with Crippen LogP contribution in [0.5, 0.6) is 0 Å². The number of aromatic nitrogens is 3. The highest BCUT2D eigenvalue weighted by atomic mass is 35.5. The Hall–Kier alpha value is -3.33. The van der Waals surface area contributed by atoms with Gasteiger partial charge in [-0.2, -0.15) is 0 Å². The standard InChI is InChI=1S/C24H21ClF2N6OSSi/c1-36(2,3)7-6-17(34)33-9-12(10-33)31-23-14-8-15(25)18(19(27)20(14)29-11-30-23)13-4-5-16(26)22-21(13)32-24(28)35-22/h4-5,8,11-12H,9-10H2,1-3H3,(H2,28,32)(H,29,30,31). The smallest absolute Gasteiger partial charge is 0.298 e. The summed E-state index contributed by atoms with van der Waals surface area (Å²) < 4.78 is 30.3. The zero-order chi connectivity index (χ0) is 25.8. The minimum Gasteiger partial charge on any atom is -0.375 e. The molecule has 0 unspecified atom stereocenters. The van der Waals surface area contributed by atoms with Gasteiger partial charge in [-0.3, -0.25) is 4.79 Å². The molecule has 5 rings (SSSR count). The van der Waals surface area contributed by atoms with E-state index in [0.29, 0.717) is 29.9 Å². The molecule has 0 atom stereocenters. The summed E-state index contributed by atoms with van der Waals surface area (Å²) in [6, 6.07) is 4.17. The fourth-order valence-electron chi connectivity index (χ4n) is 3.93. The first-order valence-corrected chi connectivity index (χ1v) is 15.8. The Morgan fingerprint density at radius 2 is 2.00 bits per heavy atom. The molecule has 184 valence electrons. The molecule has 0 saturated carbocycles. The number of nitrogens with one attached hydrogen (secondary N) is 1.